The molecule has 110 valence electrons. The zero-order valence-corrected chi connectivity index (χ0v) is 12.3. The van der Waals surface area contributed by atoms with Crippen molar-refractivity contribution in [2.45, 2.75) is 27.3 Å². The third-order valence-electron chi connectivity index (χ3n) is 3.36. The van der Waals surface area contributed by atoms with Crippen molar-refractivity contribution < 1.29 is 0 Å². The molecule has 0 saturated carbocycles. The number of hydrogen-bond acceptors (Lipinski definition) is 5. The quantitative estimate of drug-likeness (QED) is 0.789. The van der Waals surface area contributed by atoms with Crippen molar-refractivity contribution in [3.63, 3.8) is 0 Å². The van der Waals surface area contributed by atoms with E-state index in [-0.39, 0.29) is 11.0 Å². The smallest absolute Gasteiger partial charge is 0.274 e. The first-order chi connectivity index (χ1) is 9.45. The van der Waals surface area contributed by atoms with E-state index in [0.29, 0.717) is 18.9 Å². The first kappa shape index (κ1) is 14.7. The highest BCUT2D eigenvalue weighted by molar-refractivity contribution is 5.25. The number of aromatic amines is 1. The Labute approximate surface area is 117 Å². The van der Waals surface area contributed by atoms with E-state index in [9.17, 15) is 4.79 Å². The second-order valence-corrected chi connectivity index (χ2v) is 5.78. The van der Waals surface area contributed by atoms with Gasteiger partial charge in [0.15, 0.2) is 0 Å². The fraction of sp³-hybridized carbons (Fsp3) is 0.615. The second-order valence-electron chi connectivity index (χ2n) is 5.78. The van der Waals surface area contributed by atoms with Gasteiger partial charge in [-0.15, -0.1) is 0 Å². The number of aromatic nitrogens is 4. The van der Waals surface area contributed by atoms with Gasteiger partial charge < -0.3 is 5.73 Å². The van der Waals surface area contributed by atoms with Crippen LogP contribution in [0.5, 0.6) is 0 Å². The van der Waals surface area contributed by atoms with E-state index in [1.54, 1.807) is 6.07 Å². The van der Waals surface area contributed by atoms with Crippen LogP contribution in [0.1, 0.15) is 26.5 Å². The molecule has 7 heteroatoms. The maximum atomic E-state index is 11.9. The monoisotopic (exact) mass is 278 g/mol. The molecule has 0 saturated heterocycles. The van der Waals surface area contributed by atoms with Gasteiger partial charge in [0.2, 0.25) is 0 Å². The summed E-state index contributed by atoms with van der Waals surface area (Å²) in [5.74, 6) is 0.404. The third-order valence-corrected chi connectivity index (χ3v) is 3.36. The van der Waals surface area contributed by atoms with Crippen molar-refractivity contribution in [1.29, 1.82) is 0 Å². The first-order valence-electron chi connectivity index (χ1n) is 6.79. The van der Waals surface area contributed by atoms with E-state index in [2.05, 4.69) is 40.7 Å². The zero-order valence-electron chi connectivity index (χ0n) is 12.3. The lowest BCUT2D eigenvalue weighted by Gasteiger charge is -2.30. The largest absolute Gasteiger partial charge is 0.330 e. The summed E-state index contributed by atoms with van der Waals surface area (Å²) in [5, 5.41) is 2.73. The van der Waals surface area contributed by atoms with Crippen LogP contribution in [0.3, 0.4) is 0 Å². The molecule has 0 aromatic carbocycles. The van der Waals surface area contributed by atoms with Crippen LogP contribution in [0, 0.1) is 5.41 Å². The van der Waals surface area contributed by atoms with Gasteiger partial charge in [0.1, 0.15) is 6.33 Å². The highest BCUT2D eigenvalue weighted by atomic mass is 16.1. The Bertz CT molecular complexity index is 629. The Hall–Kier alpha value is -1.73. The van der Waals surface area contributed by atoms with Gasteiger partial charge in [-0.3, -0.25) is 14.8 Å². The van der Waals surface area contributed by atoms with Crippen molar-refractivity contribution in [2.24, 2.45) is 11.1 Å². The normalized spacial score (nSPS) is 12.4. The van der Waals surface area contributed by atoms with Crippen molar-refractivity contribution in [3.8, 4) is 0 Å². The molecule has 3 N–H and O–H groups in total. The van der Waals surface area contributed by atoms with E-state index < -0.39 is 0 Å². The Morgan fingerprint density at radius 2 is 2.25 bits per heavy atom. The van der Waals surface area contributed by atoms with Gasteiger partial charge in [-0.1, -0.05) is 20.8 Å². The summed E-state index contributed by atoms with van der Waals surface area (Å²) in [7, 11) is 0. The van der Waals surface area contributed by atoms with E-state index in [0.717, 1.165) is 18.8 Å². The molecule has 2 heterocycles. The van der Waals surface area contributed by atoms with Crippen LogP contribution in [0.15, 0.2) is 17.2 Å². The van der Waals surface area contributed by atoms with Gasteiger partial charge >= 0.3 is 0 Å². The van der Waals surface area contributed by atoms with E-state index in [1.807, 2.05) is 0 Å². The van der Waals surface area contributed by atoms with Crippen LogP contribution in [0.25, 0.3) is 5.78 Å². The maximum Gasteiger partial charge on any atom is 0.274 e. The molecule has 0 unspecified atom stereocenters. The molecule has 2 aromatic rings. The molecule has 0 spiro atoms. The molecule has 2 rings (SSSR count). The number of nitrogens with zero attached hydrogens (tertiary/aromatic N) is 4. The standard InChI is InChI=1S/C13H22N6O/c1-4-18(8-13(2,3)7-14)6-10-5-11(20)19-12(17-10)15-9-16-19/h5,9H,4,6-8,14H2,1-3H3,(H,15,16,17). The fourth-order valence-corrected chi connectivity index (χ4v) is 2.13. The van der Waals surface area contributed by atoms with Crippen LogP contribution >= 0.6 is 0 Å². The van der Waals surface area contributed by atoms with Gasteiger partial charge in [-0.2, -0.15) is 4.52 Å². The van der Waals surface area contributed by atoms with Crippen LogP contribution in [0.4, 0.5) is 0 Å². The number of hydrogen-bond donors (Lipinski definition) is 2. The van der Waals surface area contributed by atoms with E-state index in [4.69, 9.17) is 5.73 Å². The lowest BCUT2D eigenvalue weighted by Crippen LogP contribution is -2.38. The average Bonchev–Trinajstić information content (AvgIpc) is 2.86. The van der Waals surface area contributed by atoms with Gasteiger partial charge in [-0.25, -0.2) is 9.97 Å². The lowest BCUT2D eigenvalue weighted by molar-refractivity contribution is 0.182. The average molecular weight is 278 g/mol. The van der Waals surface area contributed by atoms with Gasteiger partial charge in [0.05, 0.1) is 5.69 Å². The number of rotatable bonds is 6. The summed E-state index contributed by atoms with van der Waals surface area (Å²) in [5.41, 5.74) is 6.41. The Morgan fingerprint density at radius 3 is 2.90 bits per heavy atom. The minimum absolute atomic E-state index is 0.0431. The van der Waals surface area contributed by atoms with Crippen LogP contribution in [-0.2, 0) is 6.54 Å². The highest BCUT2D eigenvalue weighted by Crippen LogP contribution is 2.16. The summed E-state index contributed by atoms with van der Waals surface area (Å²) in [6, 6.07) is 1.54. The molecule has 0 fully saturated rings. The van der Waals surface area contributed by atoms with Crippen molar-refractivity contribution in [3.05, 3.63) is 28.4 Å². The predicted octanol–water partition coefficient (Wildman–Crippen LogP) is 0.224. The molecule has 20 heavy (non-hydrogen) atoms. The molecular formula is C13H22N6O. The highest BCUT2D eigenvalue weighted by Gasteiger charge is 2.20. The molecule has 2 aromatic heterocycles. The van der Waals surface area contributed by atoms with Crippen LogP contribution in [-0.4, -0.2) is 44.1 Å². The zero-order chi connectivity index (χ0) is 14.8. The summed E-state index contributed by atoms with van der Waals surface area (Å²) in [4.78, 5) is 22.5. The second kappa shape index (κ2) is 5.72. The summed E-state index contributed by atoms with van der Waals surface area (Å²) < 4.78 is 1.32. The Morgan fingerprint density at radius 1 is 1.50 bits per heavy atom. The number of H-pyrrole nitrogens is 1. The predicted molar refractivity (Wildman–Crippen MR) is 77.4 cm³/mol. The van der Waals surface area contributed by atoms with Gasteiger partial charge in [0.25, 0.3) is 11.3 Å². The lowest BCUT2D eigenvalue weighted by atomic mass is 9.93. The minimum atomic E-state index is -0.142. The summed E-state index contributed by atoms with van der Waals surface area (Å²) >= 11 is 0. The van der Waals surface area contributed by atoms with Gasteiger partial charge in [-0.05, 0) is 18.5 Å². The number of nitrogens with two attached hydrogens (primary N) is 1. The van der Waals surface area contributed by atoms with Gasteiger partial charge in [0, 0.05) is 19.2 Å². The summed E-state index contributed by atoms with van der Waals surface area (Å²) in [6.07, 6.45) is 1.46. The molecule has 0 radical (unpaired) electrons. The van der Waals surface area contributed by atoms with Crippen LogP contribution in [0.2, 0.25) is 0 Å². The molecule has 0 aliphatic heterocycles. The SMILES string of the molecule is CCN(Cc1cc(=O)n2[nH]cnc2n1)CC(C)(C)CN. The van der Waals surface area contributed by atoms with Crippen LogP contribution < -0.4 is 11.3 Å². The van der Waals surface area contributed by atoms with E-state index in [1.165, 1.54) is 10.8 Å². The van der Waals surface area contributed by atoms with Crippen molar-refractivity contribution >= 4 is 5.78 Å². The summed E-state index contributed by atoms with van der Waals surface area (Å²) in [6.45, 7) is 9.35. The Kier molecular flexibility index (Phi) is 4.20. The number of fused-ring (bicyclic) bond motifs is 1. The maximum absolute atomic E-state index is 11.9. The topological polar surface area (TPSA) is 92.3 Å². The van der Waals surface area contributed by atoms with E-state index >= 15 is 0 Å². The number of nitrogens with one attached hydrogen (secondary N) is 1. The molecule has 0 atom stereocenters. The first-order valence-corrected chi connectivity index (χ1v) is 6.79. The van der Waals surface area contributed by atoms with Crippen molar-refractivity contribution in [1.82, 2.24) is 24.5 Å². The minimum Gasteiger partial charge on any atom is -0.330 e. The molecule has 0 aliphatic carbocycles. The molecule has 0 bridgehead atoms. The third kappa shape index (κ3) is 3.23. The molecule has 0 aliphatic rings. The Balaban J connectivity index is 2.19. The molecule has 7 nitrogen and oxygen atoms in total. The molecule has 0 amide bonds. The van der Waals surface area contributed by atoms with Crippen molar-refractivity contribution in [2.75, 3.05) is 19.6 Å². The molecular weight excluding hydrogens is 256 g/mol. The fourth-order valence-electron chi connectivity index (χ4n) is 2.13.